The lowest BCUT2D eigenvalue weighted by molar-refractivity contribution is 0.438. The second-order valence-corrected chi connectivity index (χ2v) is 8.34. The van der Waals surface area contributed by atoms with Crippen LogP contribution in [-0.4, -0.2) is 43.0 Å². The summed E-state index contributed by atoms with van der Waals surface area (Å²) in [5, 5.41) is 0.343. The molecule has 4 heteroatoms. The summed E-state index contributed by atoms with van der Waals surface area (Å²) in [7, 11) is 4.20. The second-order valence-electron chi connectivity index (χ2n) is 7.15. The molecule has 0 bridgehead atoms. The van der Waals surface area contributed by atoms with Crippen molar-refractivity contribution in [2.45, 2.75) is 36.8 Å². The average molecular weight is 340 g/mol. The Hall–Kier alpha value is -1.68. The number of rotatable bonds is 2. The van der Waals surface area contributed by atoms with Crippen LogP contribution in [0, 0.1) is 6.92 Å². The molecule has 4 rings (SSSR count). The molecule has 1 aliphatic carbocycles. The molecule has 3 aliphatic rings. The Morgan fingerprint density at radius 1 is 1.17 bits per heavy atom. The van der Waals surface area contributed by atoms with Gasteiger partial charge in [-0.05, 0) is 62.1 Å². The number of anilines is 1. The van der Waals surface area contributed by atoms with Crippen LogP contribution >= 0.6 is 11.8 Å². The zero-order chi connectivity index (χ0) is 16.8. The van der Waals surface area contributed by atoms with E-state index in [9.17, 15) is 0 Å². The number of nitrogens with zero attached hydrogens (tertiary/aromatic N) is 3. The summed E-state index contributed by atoms with van der Waals surface area (Å²) in [5.74, 6) is 0. The molecule has 126 valence electrons. The molecule has 0 amide bonds. The molecule has 0 saturated carbocycles. The highest BCUT2D eigenvalue weighted by Gasteiger charge is 2.29. The van der Waals surface area contributed by atoms with Crippen molar-refractivity contribution in [2.75, 3.05) is 32.1 Å². The first-order valence-electron chi connectivity index (χ1n) is 8.75. The third-order valence-electron chi connectivity index (χ3n) is 5.08. The number of allylic oxidation sites excluding steroid dienone is 2. The molecule has 1 aromatic carbocycles. The van der Waals surface area contributed by atoms with Crippen molar-refractivity contribution < 1.29 is 0 Å². The van der Waals surface area contributed by atoms with Gasteiger partial charge in [0.25, 0.3) is 0 Å². The fourth-order valence-electron chi connectivity index (χ4n) is 3.69. The van der Waals surface area contributed by atoms with Crippen LogP contribution < -0.4 is 4.90 Å². The number of thioether (sulfide) groups is 1. The highest BCUT2D eigenvalue weighted by Crippen LogP contribution is 2.45. The predicted octanol–water partition coefficient (Wildman–Crippen LogP) is 4.55. The van der Waals surface area contributed by atoms with E-state index in [2.05, 4.69) is 62.0 Å². The van der Waals surface area contributed by atoms with Gasteiger partial charge in [-0.15, -0.1) is 11.8 Å². The van der Waals surface area contributed by atoms with Crippen LogP contribution in [0.1, 0.15) is 25.3 Å². The SMILES string of the molecule is CC1=CC(N2CCCC2)=CC2Sc3cc(N(C)C)cc(C)c3N=C12. The van der Waals surface area contributed by atoms with Crippen molar-refractivity contribution in [1.29, 1.82) is 0 Å². The first kappa shape index (κ1) is 15.8. The highest BCUT2D eigenvalue weighted by atomic mass is 32.2. The molecule has 1 atom stereocenters. The summed E-state index contributed by atoms with van der Waals surface area (Å²) in [6.07, 6.45) is 7.38. The van der Waals surface area contributed by atoms with E-state index in [1.807, 2.05) is 11.8 Å². The van der Waals surface area contributed by atoms with E-state index in [1.54, 1.807) is 0 Å². The van der Waals surface area contributed by atoms with E-state index in [1.165, 1.54) is 59.1 Å². The number of aliphatic imine (C=N–C) groups is 1. The van der Waals surface area contributed by atoms with Gasteiger partial charge >= 0.3 is 0 Å². The topological polar surface area (TPSA) is 18.8 Å². The maximum atomic E-state index is 5.06. The Kier molecular flexibility index (Phi) is 3.95. The van der Waals surface area contributed by atoms with E-state index < -0.39 is 0 Å². The summed E-state index contributed by atoms with van der Waals surface area (Å²) < 4.78 is 0. The molecule has 0 spiro atoms. The maximum absolute atomic E-state index is 5.06. The standard InChI is InChI=1S/C20H25N3S/c1-13-9-15(22(3)4)11-17-19(13)21-20-14(2)10-16(12-18(20)24-17)23-7-5-6-8-23/h9-12,18H,5-8H2,1-4H3. The zero-order valence-electron chi connectivity index (χ0n) is 15.0. The lowest BCUT2D eigenvalue weighted by Crippen LogP contribution is -2.27. The monoisotopic (exact) mass is 339 g/mol. The predicted molar refractivity (Wildman–Crippen MR) is 105 cm³/mol. The number of hydrogen-bond acceptors (Lipinski definition) is 4. The van der Waals surface area contributed by atoms with Gasteiger partial charge in [0.05, 0.1) is 16.6 Å². The van der Waals surface area contributed by atoms with Crippen molar-refractivity contribution >= 4 is 28.8 Å². The fourth-order valence-corrected chi connectivity index (χ4v) is 5.03. The quantitative estimate of drug-likeness (QED) is 0.788. The van der Waals surface area contributed by atoms with Gasteiger partial charge in [-0.3, -0.25) is 4.99 Å². The number of aryl methyl sites for hydroxylation is 1. The van der Waals surface area contributed by atoms with Gasteiger partial charge in [-0.25, -0.2) is 0 Å². The molecule has 24 heavy (non-hydrogen) atoms. The minimum absolute atomic E-state index is 0.343. The summed E-state index contributed by atoms with van der Waals surface area (Å²) in [4.78, 5) is 11.1. The first-order chi connectivity index (χ1) is 11.5. The van der Waals surface area contributed by atoms with Crippen LogP contribution in [0.15, 0.2) is 45.4 Å². The third-order valence-corrected chi connectivity index (χ3v) is 6.26. The smallest absolute Gasteiger partial charge is 0.0800 e. The Morgan fingerprint density at radius 2 is 1.92 bits per heavy atom. The molecule has 3 nitrogen and oxygen atoms in total. The van der Waals surface area contributed by atoms with Gasteiger partial charge in [0.1, 0.15) is 0 Å². The number of fused-ring (bicyclic) bond motifs is 2. The van der Waals surface area contributed by atoms with Gasteiger partial charge in [0, 0.05) is 43.5 Å². The van der Waals surface area contributed by atoms with E-state index in [4.69, 9.17) is 4.99 Å². The number of likely N-dealkylation sites (tertiary alicyclic amines) is 1. The first-order valence-corrected chi connectivity index (χ1v) is 9.63. The number of hydrogen-bond donors (Lipinski definition) is 0. The lowest BCUT2D eigenvalue weighted by Gasteiger charge is -2.31. The van der Waals surface area contributed by atoms with Gasteiger partial charge in [-0.1, -0.05) is 0 Å². The van der Waals surface area contributed by atoms with Crippen molar-refractivity contribution in [3.05, 3.63) is 41.1 Å². The van der Waals surface area contributed by atoms with E-state index in [-0.39, 0.29) is 0 Å². The summed E-state index contributed by atoms with van der Waals surface area (Å²) in [6.45, 7) is 6.77. The largest absolute Gasteiger partial charge is 0.378 e. The Morgan fingerprint density at radius 3 is 2.62 bits per heavy atom. The zero-order valence-corrected chi connectivity index (χ0v) is 15.8. The molecule has 1 unspecified atom stereocenters. The lowest BCUT2D eigenvalue weighted by atomic mass is 10.00. The summed E-state index contributed by atoms with van der Waals surface area (Å²) in [6, 6.07) is 4.52. The molecule has 1 aromatic rings. The Balaban J connectivity index is 1.74. The molecular formula is C20H25N3S. The van der Waals surface area contributed by atoms with Gasteiger partial charge in [0.15, 0.2) is 0 Å². The van der Waals surface area contributed by atoms with Crippen molar-refractivity contribution in [3.8, 4) is 0 Å². The van der Waals surface area contributed by atoms with Gasteiger partial charge in [0.2, 0.25) is 0 Å². The van der Waals surface area contributed by atoms with Crippen LogP contribution in [0.4, 0.5) is 11.4 Å². The van der Waals surface area contributed by atoms with Crippen molar-refractivity contribution in [3.63, 3.8) is 0 Å². The molecule has 1 saturated heterocycles. The van der Waals surface area contributed by atoms with E-state index in [0.29, 0.717) is 5.25 Å². The molecule has 2 heterocycles. The van der Waals surface area contributed by atoms with Crippen LogP contribution in [-0.2, 0) is 0 Å². The maximum Gasteiger partial charge on any atom is 0.0800 e. The van der Waals surface area contributed by atoms with Crippen LogP contribution in [0.2, 0.25) is 0 Å². The van der Waals surface area contributed by atoms with Crippen LogP contribution in [0.5, 0.6) is 0 Å². The summed E-state index contributed by atoms with van der Waals surface area (Å²) in [5.41, 5.74) is 7.61. The van der Waals surface area contributed by atoms with Crippen LogP contribution in [0.25, 0.3) is 0 Å². The van der Waals surface area contributed by atoms with Gasteiger partial charge in [-0.2, -0.15) is 0 Å². The fraction of sp³-hybridized carbons (Fsp3) is 0.450. The summed E-state index contributed by atoms with van der Waals surface area (Å²) >= 11 is 1.95. The minimum atomic E-state index is 0.343. The Bertz CT molecular complexity index is 767. The molecule has 2 aliphatic heterocycles. The average Bonchev–Trinajstić information content (AvgIpc) is 3.07. The normalized spacial score (nSPS) is 22.4. The minimum Gasteiger partial charge on any atom is -0.378 e. The molecule has 0 aromatic heterocycles. The number of benzene rings is 1. The second kappa shape index (κ2) is 5.99. The van der Waals surface area contributed by atoms with E-state index >= 15 is 0 Å². The molecule has 0 radical (unpaired) electrons. The Labute approximate surface area is 149 Å². The molecule has 1 fully saturated rings. The molecular weight excluding hydrogens is 314 g/mol. The van der Waals surface area contributed by atoms with Gasteiger partial charge < -0.3 is 9.80 Å². The van der Waals surface area contributed by atoms with Crippen molar-refractivity contribution in [2.24, 2.45) is 4.99 Å². The van der Waals surface area contributed by atoms with Crippen LogP contribution in [0.3, 0.4) is 0 Å². The molecule has 0 N–H and O–H groups in total. The van der Waals surface area contributed by atoms with E-state index in [0.717, 1.165) is 5.69 Å². The highest BCUT2D eigenvalue weighted by molar-refractivity contribution is 8.01. The third kappa shape index (κ3) is 2.67. The van der Waals surface area contributed by atoms with Crippen molar-refractivity contribution in [1.82, 2.24) is 4.90 Å².